The molecule has 0 saturated heterocycles. The van der Waals surface area contributed by atoms with Gasteiger partial charge < -0.3 is 25.0 Å². The third-order valence-corrected chi connectivity index (χ3v) is 2.19. The number of rotatable bonds is 2. The zero-order chi connectivity index (χ0) is 13.3. The Kier molecular flexibility index (Phi) is 9.10. The molecule has 1 heterocycles. The van der Waals surface area contributed by atoms with Crippen LogP contribution in [0, 0.1) is 0 Å². The number of aromatic amines is 1. The van der Waals surface area contributed by atoms with Crippen LogP contribution in [-0.2, 0) is 0 Å². The Hall–Kier alpha value is -0.180. The van der Waals surface area contributed by atoms with Crippen molar-refractivity contribution >= 4 is 70.9 Å². The Morgan fingerprint density at radius 3 is 1.32 bits per heavy atom. The molecule has 1 aromatic rings. The number of hydrogen-bond donors (Lipinski definition) is 3. The number of carbonyl (C=O) groups excluding carboxylic acids is 2. The third kappa shape index (κ3) is 4.40. The Bertz CT molecular complexity index is 431. The van der Waals surface area contributed by atoms with E-state index in [0.29, 0.717) is 0 Å². The molecule has 0 unspecified atom stereocenters. The maximum atomic E-state index is 11.6. The molecule has 0 bridgehead atoms. The van der Waals surface area contributed by atoms with Crippen LogP contribution in [0.15, 0.2) is 0 Å². The number of nitrogens with zero attached hydrogens (tertiary/aromatic N) is 2. The summed E-state index contributed by atoms with van der Waals surface area (Å²) < 4.78 is 0. The number of H-pyrrole nitrogens is 1. The summed E-state index contributed by atoms with van der Waals surface area (Å²) in [7, 11) is 5.97. The third-order valence-electron chi connectivity index (χ3n) is 2.19. The number of nitrogens with one attached hydrogen (secondary N) is 1. The fourth-order valence-electron chi connectivity index (χ4n) is 1.24. The number of amides is 2. The molecule has 2 amide bonds. The van der Waals surface area contributed by atoms with Crippen LogP contribution in [0.1, 0.15) is 21.0 Å². The fourth-order valence-corrected chi connectivity index (χ4v) is 1.24. The molecule has 0 saturated carbocycles. The molecule has 98 valence electrons. The predicted molar refractivity (Wildman–Crippen MR) is 74.5 cm³/mol. The Balaban J connectivity index is 0. The van der Waals surface area contributed by atoms with E-state index in [2.05, 4.69) is 4.98 Å². The molecule has 0 atom stereocenters. The van der Waals surface area contributed by atoms with E-state index >= 15 is 0 Å². The van der Waals surface area contributed by atoms with Crippen LogP contribution < -0.4 is 0 Å². The molecule has 7 nitrogen and oxygen atoms in total. The summed E-state index contributed by atoms with van der Waals surface area (Å²) in [6.07, 6.45) is 0. The number of hydrogen-bond acceptors (Lipinski definition) is 4. The maximum absolute atomic E-state index is 11.6. The molecule has 1 aromatic heterocycles. The van der Waals surface area contributed by atoms with E-state index in [1.807, 2.05) is 0 Å². The van der Waals surface area contributed by atoms with E-state index in [4.69, 9.17) is 0 Å². The molecule has 0 aliphatic rings. The summed E-state index contributed by atoms with van der Waals surface area (Å²) in [5.41, 5.74) is -0.421. The first kappa shape index (κ1) is 21.1. The summed E-state index contributed by atoms with van der Waals surface area (Å²) in [5.74, 6) is -2.30. The monoisotopic (exact) mass is 289 g/mol. The summed E-state index contributed by atoms with van der Waals surface area (Å²) in [5, 5.41) is 19.1. The summed E-state index contributed by atoms with van der Waals surface area (Å²) >= 11 is 0. The van der Waals surface area contributed by atoms with Gasteiger partial charge in [0, 0.05) is 28.2 Å². The number of aromatic hydroxyl groups is 2. The van der Waals surface area contributed by atoms with E-state index in [-0.39, 0.29) is 70.5 Å². The summed E-state index contributed by atoms with van der Waals surface area (Å²) in [6.45, 7) is 0. The van der Waals surface area contributed by atoms with Crippen LogP contribution in [-0.4, -0.2) is 124 Å². The van der Waals surface area contributed by atoms with Crippen LogP contribution in [0.3, 0.4) is 0 Å². The van der Waals surface area contributed by atoms with Gasteiger partial charge in [-0.1, -0.05) is 0 Å². The van der Waals surface area contributed by atoms with Gasteiger partial charge in [0.05, 0.1) is 0 Å². The second kappa shape index (κ2) is 8.18. The molecular formula is C10H17N3Na2O4. The normalized spacial score (nSPS) is 9.05. The van der Waals surface area contributed by atoms with Gasteiger partial charge in [-0.05, 0) is 0 Å². The van der Waals surface area contributed by atoms with Gasteiger partial charge in [-0.2, -0.15) is 0 Å². The second-order valence-corrected chi connectivity index (χ2v) is 3.97. The number of carbonyl (C=O) groups is 2. The van der Waals surface area contributed by atoms with Gasteiger partial charge in [-0.25, -0.2) is 0 Å². The average molecular weight is 289 g/mol. The Morgan fingerprint density at radius 1 is 0.842 bits per heavy atom. The van der Waals surface area contributed by atoms with E-state index in [1.54, 1.807) is 0 Å². The Labute approximate surface area is 155 Å². The van der Waals surface area contributed by atoms with Gasteiger partial charge in [0.25, 0.3) is 11.8 Å². The molecule has 9 heteroatoms. The summed E-state index contributed by atoms with van der Waals surface area (Å²) in [4.78, 5) is 28.1. The van der Waals surface area contributed by atoms with E-state index in [1.165, 1.54) is 38.0 Å². The van der Waals surface area contributed by atoms with Gasteiger partial charge >= 0.3 is 59.1 Å². The molecular weight excluding hydrogens is 272 g/mol. The zero-order valence-corrected chi connectivity index (χ0v) is 10.1. The standard InChI is InChI=1S/C10H15N3O4.2Na.2H/c1-12(2)9(16)5-7(14)8(15)6(11-5)10(17)13(3)4;;;;/h11,14-15H,1-4H3;;;;. The van der Waals surface area contributed by atoms with Crippen LogP contribution in [0.2, 0.25) is 0 Å². The van der Waals surface area contributed by atoms with Crippen molar-refractivity contribution in [3.05, 3.63) is 11.4 Å². The quantitative estimate of drug-likeness (QED) is 0.579. The van der Waals surface area contributed by atoms with Gasteiger partial charge in [0.15, 0.2) is 22.9 Å². The molecule has 3 N–H and O–H groups in total. The van der Waals surface area contributed by atoms with Crippen molar-refractivity contribution in [1.82, 2.24) is 14.8 Å². The predicted octanol–water partition coefficient (Wildman–Crippen LogP) is -1.47. The minimum absolute atomic E-state index is 0. The van der Waals surface area contributed by atoms with Gasteiger partial charge in [0.1, 0.15) is 0 Å². The summed E-state index contributed by atoms with van der Waals surface area (Å²) in [6, 6.07) is 0. The van der Waals surface area contributed by atoms with Gasteiger partial charge in [-0.15, -0.1) is 0 Å². The van der Waals surface area contributed by atoms with Crippen LogP contribution >= 0.6 is 0 Å². The second-order valence-electron chi connectivity index (χ2n) is 3.97. The molecule has 1 rings (SSSR count). The molecule has 0 radical (unpaired) electrons. The molecule has 0 fully saturated rings. The number of aromatic nitrogens is 1. The van der Waals surface area contributed by atoms with E-state index in [0.717, 1.165) is 0 Å². The van der Waals surface area contributed by atoms with Crippen molar-refractivity contribution in [3.8, 4) is 11.5 Å². The van der Waals surface area contributed by atoms with Crippen LogP contribution in [0.25, 0.3) is 0 Å². The van der Waals surface area contributed by atoms with Gasteiger partial charge in [-0.3, -0.25) is 9.59 Å². The first-order valence-electron chi connectivity index (χ1n) is 4.84. The van der Waals surface area contributed by atoms with Crippen molar-refractivity contribution < 1.29 is 19.8 Å². The molecule has 0 aromatic carbocycles. The fraction of sp³-hybridized carbons (Fsp3) is 0.400. The minimum atomic E-state index is -0.617. The molecule has 0 spiro atoms. The Morgan fingerprint density at radius 2 is 1.11 bits per heavy atom. The van der Waals surface area contributed by atoms with Crippen molar-refractivity contribution in [2.24, 2.45) is 0 Å². The SMILES string of the molecule is CN(C)C(=O)c1[nH]c(C(=O)N(C)C)c(O)c1O.[NaH].[NaH]. The van der Waals surface area contributed by atoms with Crippen molar-refractivity contribution in [2.45, 2.75) is 0 Å². The van der Waals surface area contributed by atoms with Crippen molar-refractivity contribution in [3.63, 3.8) is 0 Å². The van der Waals surface area contributed by atoms with E-state index < -0.39 is 23.3 Å². The first-order valence-corrected chi connectivity index (χ1v) is 4.84. The molecule has 0 aliphatic heterocycles. The zero-order valence-electron chi connectivity index (χ0n) is 10.1. The van der Waals surface area contributed by atoms with Crippen LogP contribution in [0.5, 0.6) is 11.5 Å². The molecule has 0 aliphatic carbocycles. The van der Waals surface area contributed by atoms with Crippen molar-refractivity contribution in [2.75, 3.05) is 28.2 Å². The first-order chi connectivity index (χ1) is 7.77. The molecule has 19 heavy (non-hydrogen) atoms. The van der Waals surface area contributed by atoms with Gasteiger partial charge in [0.2, 0.25) is 0 Å². The topological polar surface area (TPSA) is 96.9 Å². The van der Waals surface area contributed by atoms with Crippen LogP contribution in [0.4, 0.5) is 0 Å². The average Bonchev–Trinajstić information content (AvgIpc) is 2.54. The van der Waals surface area contributed by atoms with E-state index in [9.17, 15) is 19.8 Å². The van der Waals surface area contributed by atoms with Crippen molar-refractivity contribution in [1.29, 1.82) is 0 Å².